The van der Waals surface area contributed by atoms with Crippen LogP contribution < -0.4 is 11.3 Å². The van der Waals surface area contributed by atoms with Gasteiger partial charge in [-0.15, -0.1) is 22.7 Å². The molecule has 1 atom stereocenters. The fourth-order valence-electron chi connectivity index (χ4n) is 3.90. The number of hydrogen-bond donors (Lipinski definition) is 2. The number of H-pyrrole nitrogens is 1. The zero-order valence-corrected chi connectivity index (χ0v) is 17.1. The van der Waals surface area contributed by atoms with Crippen molar-refractivity contribution >= 4 is 38.8 Å². The number of hydrogen-bond acceptors (Lipinski definition) is 6. The van der Waals surface area contributed by atoms with Crippen LogP contribution in [0.3, 0.4) is 0 Å². The number of nitrogens with two attached hydrogens (primary N) is 1. The quantitative estimate of drug-likeness (QED) is 0.529. The van der Waals surface area contributed by atoms with E-state index in [1.807, 2.05) is 46.0 Å². The summed E-state index contributed by atoms with van der Waals surface area (Å²) in [6, 6.07) is 11.6. The summed E-state index contributed by atoms with van der Waals surface area (Å²) >= 11 is 3.06. The van der Waals surface area contributed by atoms with Crippen molar-refractivity contribution in [3.63, 3.8) is 0 Å². The number of benzene rings is 1. The molecule has 8 heteroatoms. The lowest BCUT2D eigenvalue weighted by Gasteiger charge is -2.34. The third kappa shape index (κ3) is 3.29. The first-order valence-electron chi connectivity index (χ1n) is 9.24. The van der Waals surface area contributed by atoms with Crippen molar-refractivity contribution in [2.75, 3.05) is 0 Å². The Morgan fingerprint density at radius 3 is 2.79 bits per heavy atom. The first-order chi connectivity index (χ1) is 14.1. The number of carbonyl (C=O) groups excluding carboxylic acids is 1. The number of amides is 1. The maximum atomic E-state index is 12.8. The predicted molar refractivity (Wildman–Crippen MR) is 116 cm³/mol. The molecule has 5 rings (SSSR count). The molecule has 1 aromatic carbocycles. The Morgan fingerprint density at radius 1 is 1.21 bits per heavy atom. The van der Waals surface area contributed by atoms with Crippen molar-refractivity contribution < 1.29 is 4.79 Å². The summed E-state index contributed by atoms with van der Waals surface area (Å²) in [5, 5.41) is 4.59. The van der Waals surface area contributed by atoms with Crippen LogP contribution >= 0.6 is 22.7 Å². The molecule has 3 N–H and O–H groups in total. The van der Waals surface area contributed by atoms with Gasteiger partial charge >= 0.3 is 0 Å². The number of nitrogens with zero attached hydrogens (tertiary/aromatic N) is 2. The van der Waals surface area contributed by atoms with Crippen LogP contribution in [0.4, 0.5) is 0 Å². The van der Waals surface area contributed by atoms with Crippen molar-refractivity contribution in [2.24, 2.45) is 5.73 Å². The van der Waals surface area contributed by atoms with E-state index in [4.69, 9.17) is 5.73 Å². The van der Waals surface area contributed by atoms with Crippen LogP contribution in [0.25, 0.3) is 20.7 Å². The Morgan fingerprint density at radius 2 is 2.03 bits per heavy atom. The van der Waals surface area contributed by atoms with E-state index in [-0.39, 0.29) is 11.5 Å². The standard InChI is InChI=1S/C21H18N4O2S2/c22-19(26)15-8-12-4-1-2-5-13(12)9-25(15)10-17-23-20(27)18-14(11-29-21(18)24-17)16-6-3-7-28-16/h1-7,11,15H,8-10H2,(H2,22,26)(H,23,24,27)/t15-/m1/s1. The molecule has 0 unspecified atom stereocenters. The van der Waals surface area contributed by atoms with Gasteiger partial charge in [0.2, 0.25) is 5.91 Å². The smallest absolute Gasteiger partial charge is 0.260 e. The highest BCUT2D eigenvalue weighted by molar-refractivity contribution is 7.18. The normalized spacial score (nSPS) is 16.8. The van der Waals surface area contributed by atoms with Gasteiger partial charge in [-0.05, 0) is 29.0 Å². The van der Waals surface area contributed by atoms with Gasteiger partial charge in [0.15, 0.2) is 0 Å². The lowest BCUT2D eigenvalue weighted by atomic mass is 9.93. The number of fused-ring (bicyclic) bond motifs is 2. The van der Waals surface area contributed by atoms with E-state index in [1.165, 1.54) is 16.9 Å². The number of nitrogens with one attached hydrogen (secondary N) is 1. The number of carbonyl (C=O) groups is 1. The predicted octanol–water partition coefficient (Wildman–Crippen LogP) is 3.13. The Labute approximate surface area is 174 Å². The average molecular weight is 423 g/mol. The number of aromatic nitrogens is 2. The topological polar surface area (TPSA) is 92.1 Å². The molecule has 0 radical (unpaired) electrons. The zero-order valence-electron chi connectivity index (χ0n) is 15.4. The second-order valence-electron chi connectivity index (χ2n) is 7.12. The lowest BCUT2D eigenvalue weighted by Crippen LogP contribution is -2.48. The molecule has 0 spiro atoms. The van der Waals surface area contributed by atoms with Crippen molar-refractivity contribution in [2.45, 2.75) is 25.6 Å². The fourth-order valence-corrected chi connectivity index (χ4v) is 5.68. The number of rotatable bonds is 4. The molecule has 0 fully saturated rings. The molecule has 0 aliphatic carbocycles. The van der Waals surface area contributed by atoms with Crippen LogP contribution in [0, 0.1) is 0 Å². The molecule has 1 aliphatic heterocycles. The second-order valence-corrected chi connectivity index (χ2v) is 8.92. The van der Waals surface area contributed by atoms with Crippen molar-refractivity contribution in [1.82, 2.24) is 14.9 Å². The van der Waals surface area contributed by atoms with Crippen molar-refractivity contribution in [1.29, 1.82) is 0 Å². The van der Waals surface area contributed by atoms with E-state index in [2.05, 4.69) is 16.0 Å². The van der Waals surface area contributed by atoms with Gasteiger partial charge in [-0.25, -0.2) is 4.98 Å². The maximum absolute atomic E-state index is 12.8. The van der Waals surface area contributed by atoms with Gasteiger partial charge in [0.05, 0.1) is 18.0 Å². The molecule has 6 nitrogen and oxygen atoms in total. The van der Waals surface area contributed by atoms with Crippen LogP contribution in [0.15, 0.2) is 52.0 Å². The lowest BCUT2D eigenvalue weighted by molar-refractivity contribution is -0.124. The summed E-state index contributed by atoms with van der Waals surface area (Å²) in [6.07, 6.45) is 0.569. The first-order valence-corrected chi connectivity index (χ1v) is 11.0. The van der Waals surface area contributed by atoms with E-state index in [0.717, 1.165) is 16.0 Å². The molecule has 0 saturated heterocycles. The average Bonchev–Trinajstić information content (AvgIpc) is 3.37. The van der Waals surface area contributed by atoms with E-state index in [0.29, 0.717) is 35.6 Å². The maximum Gasteiger partial charge on any atom is 0.260 e. The van der Waals surface area contributed by atoms with Crippen LogP contribution in [0.1, 0.15) is 17.0 Å². The van der Waals surface area contributed by atoms with E-state index < -0.39 is 6.04 Å². The third-order valence-corrected chi connectivity index (χ3v) is 7.08. The monoisotopic (exact) mass is 422 g/mol. The van der Waals surface area contributed by atoms with Crippen LogP contribution in [0.2, 0.25) is 0 Å². The van der Waals surface area contributed by atoms with Gasteiger partial charge in [0.1, 0.15) is 10.7 Å². The van der Waals surface area contributed by atoms with Gasteiger partial charge < -0.3 is 10.7 Å². The number of primary amides is 1. The van der Waals surface area contributed by atoms with Crippen LogP contribution in [0.5, 0.6) is 0 Å². The first kappa shape index (κ1) is 18.2. The molecule has 4 heterocycles. The Bertz CT molecular complexity index is 1260. The van der Waals surface area contributed by atoms with Gasteiger partial charge in [-0.3, -0.25) is 14.5 Å². The Hall–Kier alpha value is -2.81. The molecule has 1 aliphatic rings. The van der Waals surface area contributed by atoms with Crippen molar-refractivity contribution in [3.8, 4) is 10.4 Å². The number of thiophene rings is 2. The van der Waals surface area contributed by atoms with Gasteiger partial charge in [0, 0.05) is 22.4 Å². The van der Waals surface area contributed by atoms with E-state index in [9.17, 15) is 9.59 Å². The Balaban J connectivity index is 1.50. The van der Waals surface area contributed by atoms with Gasteiger partial charge in [0.25, 0.3) is 5.56 Å². The highest BCUT2D eigenvalue weighted by Crippen LogP contribution is 2.33. The van der Waals surface area contributed by atoms with Crippen LogP contribution in [-0.4, -0.2) is 26.8 Å². The summed E-state index contributed by atoms with van der Waals surface area (Å²) in [5.41, 5.74) is 8.76. The van der Waals surface area contributed by atoms with Gasteiger partial charge in [-0.1, -0.05) is 30.3 Å². The minimum atomic E-state index is -0.420. The minimum absolute atomic E-state index is 0.150. The van der Waals surface area contributed by atoms with Crippen LogP contribution in [-0.2, 0) is 24.3 Å². The molecule has 29 heavy (non-hydrogen) atoms. The summed E-state index contributed by atoms with van der Waals surface area (Å²) < 4.78 is 0. The molecule has 146 valence electrons. The van der Waals surface area contributed by atoms with Gasteiger partial charge in [-0.2, -0.15) is 0 Å². The molecule has 4 aromatic rings. The van der Waals surface area contributed by atoms with Crippen molar-refractivity contribution in [3.05, 3.63) is 74.5 Å². The third-order valence-electron chi connectivity index (χ3n) is 5.31. The minimum Gasteiger partial charge on any atom is -0.368 e. The molecular formula is C21H18N4O2S2. The fraction of sp³-hybridized carbons (Fsp3) is 0.190. The largest absolute Gasteiger partial charge is 0.368 e. The summed E-state index contributed by atoms with van der Waals surface area (Å²) in [6.45, 7) is 0.954. The summed E-state index contributed by atoms with van der Waals surface area (Å²) in [7, 11) is 0. The highest BCUT2D eigenvalue weighted by atomic mass is 32.1. The SMILES string of the molecule is NC(=O)[C@H]1Cc2ccccc2CN1Cc1nc2scc(-c3cccs3)c2c(=O)[nH]1. The van der Waals surface area contributed by atoms with E-state index >= 15 is 0 Å². The Kier molecular flexibility index (Phi) is 4.54. The highest BCUT2D eigenvalue weighted by Gasteiger charge is 2.30. The summed E-state index contributed by atoms with van der Waals surface area (Å²) in [5.74, 6) is 0.187. The second kappa shape index (κ2) is 7.22. The molecule has 3 aromatic heterocycles. The molecule has 0 saturated carbocycles. The van der Waals surface area contributed by atoms with E-state index in [1.54, 1.807) is 11.3 Å². The molecular weight excluding hydrogens is 404 g/mol. The molecule has 0 bridgehead atoms. The molecule has 1 amide bonds. The number of aromatic amines is 1. The summed E-state index contributed by atoms with van der Waals surface area (Å²) in [4.78, 5) is 36.3. The zero-order chi connectivity index (χ0) is 20.0.